The van der Waals surface area contributed by atoms with Crippen LogP contribution in [0, 0.1) is 0 Å². The summed E-state index contributed by atoms with van der Waals surface area (Å²) in [5, 5.41) is 0. The first-order valence-electron chi connectivity index (χ1n) is 4.31. The molecule has 0 aliphatic carbocycles. The van der Waals surface area contributed by atoms with Gasteiger partial charge in [-0.3, -0.25) is 8.74 Å². The van der Waals surface area contributed by atoms with Crippen molar-refractivity contribution in [1.82, 2.24) is 0 Å². The van der Waals surface area contributed by atoms with Crippen molar-refractivity contribution in [3.8, 4) is 0 Å². The highest BCUT2D eigenvalue weighted by atomic mass is 32.3. The summed E-state index contributed by atoms with van der Waals surface area (Å²) < 4.78 is 34.7. The zero-order valence-electron chi connectivity index (χ0n) is 10.1. The highest BCUT2D eigenvalue weighted by Crippen LogP contribution is 2.09. The number of carbonyl (C=O) groups is 1. The molecule has 0 aliphatic heterocycles. The van der Waals surface area contributed by atoms with Crippen molar-refractivity contribution in [3.63, 3.8) is 0 Å². The van der Waals surface area contributed by atoms with Crippen LogP contribution in [0.1, 0.15) is 27.7 Å². The SMILES string of the molecule is C=C(C)C(=O)OC(C)(C)C.COS(=O)(=O)O. The first-order valence-corrected chi connectivity index (χ1v) is 5.67. The Balaban J connectivity index is 0. The molecule has 0 aromatic heterocycles. The van der Waals surface area contributed by atoms with Gasteiger partial charge in [0, 0.05) is 5.57 Å². The predicted octanol–water partition coefficient (Wildman–Crippen LogP) is 1.34. The summed E-state index contributed by atoms with van der Waals surface area (Å²) in [6, 6.07) is 0. The van der Waals surface area contributed by atoms with Gasteiger partial charge in [-0.25, -0.2) is 4.79 Å². The average Bonchev–Trinajstić information content (AvgIpc) is 2.00. The summed E-state index contributed by atoms with van der Waals surface area (Å²) in [6.45, 7) is 10.6. The standard InChI is InChI=1S/C8H14O2.CH4O4S/c1-6(2)7(9)10-8(3,4)5;1-5-6(2,3)4/h1H2,2-5H3;1H3,(H,2,3,4). The second-order valence-electron chi connectivity index (χ2n) is 3.88. The molecule has 0 heterocycles. The fraction of sp³-hybridized carbons (Fsp3) is 0.667. The maximum Gasteiger partial charge on any atom is 0.397 e. The van der Waals surface area contributed by atoms with E-state index in [1.807, 2.05) is 20.8 Å². The number of esters is 1. The van der Waals surface area contributed by atoms with Crippen LogP contribution in [-0.2, 0) is 24.1 Å². The lowest BCUT2D eigenvalue weighted by molar-refractivity contribution is -0.149. The summed E-state index contributed by atoms with van der Waals surface area (Å²) in [6.07, 6.45) is 0. The second-order valence-corrected chi connectivity index (χ2v) is 5.07. The van der Waals surface area contributed by atoms with Gasteiger partial charge >= 0.3 is 16.4 Å². The van der Waals surface area contributed by atoms with Crippen molar-refractivity contribution in [3.05, 3.63) is 12.2 Å². The zero-order chi connectivity index (χ0) is 13.6. The van der Waals surface area contributed by atoms with Crippen LogP contribution in [0.4, 0.5) is 0 Å². The summed E-state index contributed by atoms with van der Waals surface area (Å²) in [7, 11) is -3.29. The Kier molecular flexibility index (Phi) is 7.23. The summed E-state index contributed by atoms with van der Waals surface area (Å²) >= 11 is 0. The number of rotatable bonds is 2. The Labute approximate surface area is 96.2 Å². The van der Waals surface area contributed by atoms with Crippen LogP contribution in [0.3, 0.4) is 0 Å². The predicted molar refractivity (Wildman–Crippen MR) is 59.2 cm³/mol. The van der Waals surface area contributed by atoms with Crippen LogP contribution in [0.15, 0.2) is 12.2 Å². The Morgan fingerprint density at radius 1 is 1.31 bits per heavy atom. The molecular weight excluding hydrogens is 236 g/mol. The molecule has 6 nitrogen and oxygen atoms in total. The molecule has 0 radical (unpaired) electrons. The normalized spacial score (nSPS) is 11.1. The molecule has 0 amide bonds. The number of carbonyl (C=O) groups excluding carboxylic acids is 1. The lowest BCUT2D eigenvalue weighted by Gasteiger charge is -2.19. The maximum atomic E-state index is 10.8. The van der Waals surface area contributed by atoms with Gasteiger partial charge < -0.3 is 4.74 Å². The van der Waals surface area contributed by atoms with E-state index < -0.39 is 16.0 Å². The van der Waals surface area contributed by atoms with Crippen LogP contribution in [0.2, 0.25) is 0 Å². The van der Waals surface area contributed by atoms with E-state index in [1.165, 1.54) is 0 Å². The van der Waals surface area contributed by atoms with E-state index in [0.29, 0.717) is 5.57 Å². The molecule has 0 spiro atoms. The van der Waals surface area contributed by atoms with Gasteiger partial charge in [0.2, 0.25) is 0 Å². The van der Waals surface area contributed by atoms with Gasteiger partial charge in [-0.1, -0.05) is 6.58 Å². The van der Waals surface area contributed by atoms with Crippen molar-refractivity contribution in [2.75, 3.05) is 7.11 Å². The molecule has 0 saturated heterocycles. The van der Waals surface area contributed by atoms with Crippen LogP contribution < -0.4 is 0 Å². The molecule has 0 aliphatic rings. The summed E-state index contributed by atoms with van der Waals surface area (Å²) in [4.78, 5) is 10.8. The maximum absolute atomic E-state index is 10.8. The van der Waals surface area contributed by atoms with Gasteiger partial charge in [0.05, 0.1) is 7.11 Å². The van der Waals surface area contributed by atoms with E-state index in [0.717, 1.165) is 7.11 Å². The molecule has 0 unspecified atom stereocenters. The lowest BCUT2D eigenvalue weighted by Crippen LogP contribution is -2.23. The molecule has 96 valence electrons. The number of ether oxygens (including phenoxy) is 1. The smallest absolute Gasteiger partial charge is 0.397 e. The largest absolute Gasteiger partial charge is 0.457 e. The van der Waals surface area contributed by atoms with Crippen molar-refractivity contribution in [2.45, 2.75) is 33.3 Å². The molecule has 1 N–H and O–H groups in total. The van der Waals surface area contributed by atoms with Gasteiger partial charge in [0.15, 0.2) is 0 Å². The minimum Gasteiger partial charge on any atom is -0.457 e. The van der Waals surface area contributed by atoms with E-state index in [1.54, 1.807) is 6.92 Å². The first-order chi connectivity index (χ1) is 6.89. The third-order valence-electron chi connectivity index (χ3n) is 0.958. The quantitative estimate of drug-likeness (QED) is 0.454. The van der Waals surface area contributed by atoms with Gasteiger partial charge in [0.25, 0.3) is 0 Å². The molecule has 0 fully saturated rings. The van der Waals surface area contributed by atoms with E-state index >= 15 is 0 Å². The topological polar surface area (TPSA) is 89.9 Å². The van der Waals surface area contributed by atoms with Crippen LogP contribution >= 0.6 is 0 Å². The van der Waals surface area contributed by atoms with E-state index in [-0.39, 0.29) is 5.97 Å². The minimum absolute atomic E-state index is 0.326. The van der Waals surface area contributed by atoms with Crippen molar-refractivity contribution < 1.29 is 26.7 Å². The Morgan fingerprint density at radius 3 is 1.69 bits per heavy atom. The van der Waals surface area contributed by atoms with E-state index in [4.69, 9.17) is 9.29 Å². The zero-order valence-corrected chi connectivity index (χ0v) is 10.9. The second kappa shape index (κ2) is 6.62. The van der Waals surface area contributed by atoms with Gasteiger partial charge in [-0.15, -0.1) is 0 Å². The van der Waals surface area contributed by atoms with Crippen LogP contribution in [0.5, 0.6) is 0 Å². The van der Waals surface area contributed by atoms with E-state index in [2.05, 4.69) is 10.8 Å². The highest BCUT2D eigenvalue weighted by Gasteiger charge is 2.15. The third-order valence-corrected chi connectivity index (χ3v) is 1.38. The van der Waals surface area contributed by atoms with Gasteiger partial charge in [0.1, 0.15) is 5.60 Å². The van der Waals surface area contributed by atoms with Crippen LogP contribution in [0.25, 0.3) is 0 Å². The monoisotopic (exact) mass is 254 g/mol. The molecular formula is C9H18O6S. The molecule has 0 saturated carbocycles. The van der Waals surface area contributed by atoms with Gasteiger partial charge in [-0.2, -0.15) is 8.42 Å². The first kappa shape index (κ1) is 17.5. The molecule has 16 heavy (non-hydrogen) atoms. The van der Waals surface area contributed by atoms with Crippen molar-refractivity contribution in [1.29, 1.82) is 0 Å². The fourth-order valence-electron chi connectivity index (χ4n) is 0.365. The molecule has 0 atom stereocenters. The number of hydrogen-bond acceptors (Lipinski definition) is 5. The lowest BCUT2D eigenvalue weighted by atomic mass is 10.2. The molecule has 7 heteroatoms. The molecule has 0 aromatic rings. The highest BCUT2D eigenvalue weighted by molar-refractivity contribution is 7.80. The molecule has 0 rings (SSSR count). The fourth-order valence-corrected chi connectivity index (χ4v) is 0.365. The van der Waals surface area contributed by atoms with Crippen molar-refractivity contribution >= 4 is 16.4 Å². The summed E-state index contributed by atoms with van der Waals surface area (Å²) in [5.74, 6) is -0.326. The summed E-state index contributed by atoms with van der Waals surface area (Å²) in [5.41, 5.74) is 0.0330. The van der Waals surface area contributed by atoms with E-state index in [9.17, 15) is 13.2 Å². The Hall–Kier alpha value is -0.920. The molecule has 0 bridgehead atoms. The van der Waals surface area contributed by atoms with Crippen molar-refractivity contribution in [2.24, 2.45) is 0 Å². The van der Waals surface area contributed by atoms with Crippen LogP contribution in [-0.4, -0.2) is 31.7 Å². The Bertz CT molecular complexity index is 336. The number of hydrogen-bond donors (Lipinski definition) is 1. The Morgan fingerprint density at radius 2 is 1.62 bits per heavy atom. The average molecular weight is 254 g/mol. The molecule has 0 aromatic carbocycles. The third kappa shape index (κ3) is 15.5. The minimum atomic E-state index is -4.16. The van der Waals surface area contributed by atoms with Gasteiger partial charge in [-0.05, 0) is 27.7 Å².